The van der Waals surface area contributed by atoms with Gasteiger partial charge in [-0.15, -0.1) is 11.3 Å². The van der Waals surface area contributed by atoms with Gasteiger partial charge < -0.3 is 10.1 Å². The third kappa shape index (κ3) is 3.12. The Morgan fingerprint density at radius 3 is 2.91 bits per heavy atom. The number of fused-ring (bicyclic) bond motifs is 1. The van der Waals surface area contributed by atoms with E-state index in [9.17, 15) is 4.79 Å². The minimum absolute atomic E-state index is 0.0709. The Hall–Kier alpha value is -2.33. The Labute approximate surface area is 133 Å². The van der Waals surface area contributed by atoms with Gasteiger partial charge in [0.2, 0.25) is 0 Å². The normalized spacial score (nSPS) is 10.6. The fourth-order valence-electron chi connectivity index (χ4n) is 2.40. The Kier molecular flexibility index (Phi) is 4.39. The fraction of sp³-hybridized carbons (Fsp3) is 0.167. The molecule has 112 valence electrons. The number of rotatable bonds is 5. The quantitative estimate of drug-likeness (QED) is 0.776. The molecule has 3 rings (SSSR count). The molecular weight excluding hydrogens is 294 g/mol. The fourth-order valence-corrected chi connectivity index (χ4v) is 3.40. The maximum Gasteiger partial charge on any atom is 0.251 e. The van der Waals surface area contributed by atoms with Crippen molar-refractivity contribution in [1.82, 2.24) is 5.32 Å². The summed E-state index contributed by atoms with van der Waals surface area (Å²) in [4.78, 5) is 12.1. The van der Waals surface area contributed by atoms with E-state index in [1.54, 1.807) is 30.6 Å². The van der Waals surface area contributed by atoms with Crippen molar-refractivity contribution >= 4 is 27.3 Å². The van der Waals surface area contributed by atoms with Crippen LogP contribution in [0.3, 0.4) is 0 Å². The molecule has 0 aliphatic heterocycles. The van der Waals surface area contributed by atoms with Crippen molar-refractivity contribution < 1.29 is 9.53 Å². The van der Waals surface area contributed by atoms with E-state index in [1.165, 1.54) is 15.6 Å². The Balaban J connectivity index is 1.61. The summed E-state index contributed by atoms with van der Waals surface area (Å²) in [5.41, 5.74) is 1.90. The number of benzene rings is 2. The lowest BCUT2D eigenvalue weighted by molar-refractivity contribution is 0.0954. The molecule has 0 unspecified atom stereocenters. The molecule has 4 heteroatoms. The SMILES string of the molecule is COc1cccc(C(=O)NCCc2csc3ccccc23)c1. The van der Waals surface area contributed by atoms with Crippen LogP contribution in [0.4, 0.5) is 0 Å². The van der Waals surface area contributed by atoms with Crippen molar-refractivity contribution in [3.63, 3.8) is 0 Å². The van der Waals surface area contributed by atoms with Crippen molar-refractivity contribution in [3.8, 4) is 5.75 Å². The zero-order chi connectivity index (χ0) is 15.4. The summed E-state index contributed by atoms with van der Waals surface area (Å²) in [7, 11) is 1.60. The van der Waals surface area contributed by atoms with Gasteiger partial charge in [-0.05, 0) is 47.0 Å². The molecule has 0 saturated carbocycles. The van der Waals surface area contributed by atoms with Gasteiger partial charge in [-0.2, -0.15) is 0 Å². The predicted octanol–water partition coefficient (Wildman–Crippen LogP) is 3.88. The molecule has 0 bridgehead atoms. The molecule has 1 aromatic heterocycles. The number of carbonyl (C=O) groups excluding carboxylic acids is 1. The summed E-state index contributed by atoms with van der Waals surface area (Å²) in [6, 6.07) is 15.5. The molecule has 0 saturated heterocycles. The topological polar surface area (TPSA) is 38.3 Å². The molecule has 0 aliphatic carbocycles. The summed E-state index contributed by atoms with van der Waals surface area (Å²) in [5.74, 6) is 0.620. The highest BCUT2D eigenvalue weighted by Crippen LogP contribution is 2.25. The smallest absolute Gasteiger partial charge is 0.251 e. The Bertz CT molecular complexity index is 794. The van der Waals surface area contributed by atoms with Crippen LogP contribution in [0.1, 0.15) is 15.9 Å². The molecule has 1 amide bonds. The van der Waals surface area contributed by atoms with Crippen molar-refractivity contribution in [2.75, 3.05) is 13.7 Å². The molecule has 3 nitrogen and oxygen atoms in total. The predicted molar refractivity (Wildman–Crippen MR) is 90.9 cm³/mol. The highest BCUT2D eigenvalue weighted by molar-refractivity contribution is 7.17. The maximum absolute atomic E-state index is 12.1. The van der Waals surface area contributed by atoms with Gasteiger partial charge in [-0.25, -0.2) is 0 Å². The van der Waals surface area contributed by atoms with Crippen molar-refractivity contribution in [2.24, 2.45) is 0 Å². The average Bonchev–Trinajstić information content (AvgIpc) is 2.98. The number of ether oxygens (including phenoxy) is 1. The van der Waals surface area contributed by atoms with Gasteiger partial charge in [0.05, 0.1) is 7.11 Å². The second kappa shape index (κ2) is 6.62. The van der Waals surface area contributed by atoms with Crippen LogP contribution in [0.5, 0.6) is 5.75 Å². The molecule has 0 atom stereocenters. The molecule has 22 heavy (non-hydrogen) atoms. The van der Waals surface area contributed by atoms with Gasteiger partial charge in [0.1, 0.15) is 5.75 Å². The molecular formula is C18H17NO2S. The third-order valence-electron chi connectivity index (χ3n) is 3.57. The first-order chi connectivity index (χ1) is 10.8. The first kappa shape index (κ1) is 14.6. The van der Waals surface area contributed by atoms with E-state index in [-0.39, 0.29) is 5.91 Å². The van der Waals surface area contributed by atoms with Crippen LogP contribution in [0.2, 0.25) is 0 Å². The molecule has 0 aliphatic rings. The molecule has 1 N–H and O–H groups in total. The van der Waals surface area contributed by atoms with Gasteiger partial charge >= 0.3 is 0 Å². The van der Waals surface area contributed by atoms with Crippen LogP contribution < -0.4 is 10.1 Å². The molecule has 0 fully saturated rings. The van der Waals surface area contributed by atoms with Crippen LogP contribution in [0, 0.1) is 0 Å². The zero-order valence-electron chi connectivity index (χ0n) is 12.3. The number of carbonyl (C=O) groups is 1. The molecule has 3 aromatic rings. The van der Waals surface area contributed by atoms with Crippen molar-refractivity contribution in [1.29, 1.82) is 0 Å². The minimum Gasteiger partial charge on any atom is -0.497 e. The summed E-state index contributed by atoms with van der Waals surface area (Å²) < 4.78 is 6.43. The number of hydrogen-bond donors (Lipinski definition) is 1. The maximum atomic E-state index is 12.1. The lowest BCUT2D eigenvalue weighted by atomic mass is 10.1. The van der Waals surface area contributed by atoms with Crippen molar-refractivity contribution in [3.05, 3.63) is 65.0 Å². The largest absolute Gasteiger partial charge is 0.497 e. The lowest BCUT2D eigenvalue weighted by Crippen LogP contribution is -2.25. The summed E-state index contributed by atoms with van der Waals surface area (Å²) in [5, 5.41) is 6.41. The van der Waals surface area contributed by atoms with Gasteiger partial charge in [-0.1, -0.05) is 24.3 Å². The monoisotopic (exact) mass is 311 g/mol. The van der Waals surface area contributed by atoms with Gasteiger partial charge in [0.15, 0.2) is 0 Å². The van der Waals surface area contributed by atoms with Gasteiger partial charge in [-0.3, -0.25) is 4.79 Å². The summed E-state index contributed by atoms with van der Waals surface area (Å²) in [6.07, 6.45) is 0.833. The second-order valence-electron chi connectivity index (χ2n) is 4.99. The number of amides is 1. The van der Waals surface area contributed by atoms with Crippen LogP contribution in [-0.4, -0.2) is 19.6 Å². The van der Waals surface area contributed by atoms with E-state index in [4.69, 9.17) is 4.74 Å². The number of hydrogen-bond acceptors (Lipinski definition) is 3. The highest BCUT2D eigenvalue weighted by atomic mass is 32.1. The molecule has 1 heterocycles. The molecule has 2 aromatic carbocycles. The second-order valence-corrected chi connectivity index (χ2v) is 5.91. The van der Waals surface area contributed by atoms with E-state index >= 15 is 0 Å². The van der Waals surface area contributed by atoms with Crippen LogP contribution in [0.15, 0.2) is 53.9 Å². The van der Waals surface area contributed by atoms with Gasteiger partial charge in [0, 0.05) is 16.8 Å². The van der Waals surface area contributed by atoms with Crippen LogP contribution >= 0.6 is 11.3 Å². The Morgan fingerprint density at radius 1 is 1.18 bits per heavy atom. The summed E-state index contributed by atoms with van der Waals surface area (Å²) in [6.45, 7) is 0.622. The van der Waals surface area contributed by atoms with Crippen LogP contribution in [0.25, 0.3) is 10.1 Å². The number of thiophene rings is 1. The van der Waals surface area contributed by atoms with Crippen LogP contribution in [-0.2, 0) is 6.42 Å². The minimum atomic E-state index is -0.0709. The third-order valence-corrected chi connectivity index (χ3v) is 4.59. The average molecular weight is 311 g/mol. The van der Waals surface area contributed by atoms with E-state index in [0.29, 0.717) is 17.9 Å². The number of methoxy groups -OCH3 is 1. The van der Waals surface area contributed by atoms with E-state index < -0.39 is 0 Å². The molecule has 0 spiro atoms. The summed E-state index contributed by atoms with van der Waals surface area (Å²) >= 11 is 1.74. The first-order valence-electron chi connectivity index (χ1n) is 7.15. The van der Waals surface area contributed by atoms with E-state index in [2.05, 4.69) is 22.8 Å². The first-order valence-corrected chi connectivity index (χ1v) is 8.03. The zero-order valence-corrected chi connectivity index (χ0v) is 13.2. The lowest BCUT2D eigenvalue weighted by Gasteiger charge is -2.06. The van der Waals surface area contributed by atoms with Gasteiger partial charge in [0.25, 0.3) is 5.91 Å². The molecule has 0 radical (unpaired) electrons. The van der Waals surface area contributed by atoms with Crippen molar-refractivity contribution in [2.45, 2.75) is 6.42 Å². The highest BCUT2D eigenvalue weighted by Gasteiger charge is 2.07. The van der Waals surface area contributed by atoms with E-state index in [0.717, 1.165) is 6.42 Å². The Morgan fingerprint density at radius 2 is 2.05 bits per heavy atom. The van der Waals surface area contributed by atoms with E-state index in [1.807, 2.05) is 24.3 Å². The standard InChI is InChI=1S/C18H17NO2S/c1-21-15-6-4-5-13(11-15)18(20)19-10-9-14-12-22-17-8-3-2-7-16(14)17/h2-8,11-12H,9-10H2,1H3,(H,19,20). The number of nitrogens with one attached hydrogen (secondary N) is 1.